The summed E-state index contributed by atoms with van der Waals surface area (Å²) in [4.78, 5) is 11.7. The topological polar surface area (TPSA) is 58.9 Å². The lowest BCUT2D eigenvalue weighted by Gasteiger charge is -2.05. The maximum absolute atomic E-state index is 11.7. The first-order valence-electron chi connectivity index (χ1n) is 5.64. The molecular formula is C11H20N4O. The molecule has 0 aliphatic carbocycles. The van der Waals surface area contributed by atoms with E-state index in [1.54, 1.807) is 10.9 Å². The highest BCUT2D eigenvalue weighted by Gasteiger charge is 2.11. The molecule has 0 unspecified atom stereocenters. The van der Waals surface area contributed by atoms with Crippen LogP contribution in [-0.2, 0) is 7.05 Å². The van der Waals surface area contributed by atoms with Crippen LogP contribution in [-0.4, -0.2) is 35.3 Å². The lowest BCUT2D eigenvalue weighted by atomic mass is 10.2. The maximum atomic E-state index is 11.7. The third-order valence-electron chi connectivity index (χ3n) is 2.27. The molecule has 0 spiro atoms. The smallest absolute Gasteiger partial charge is 0.254 e. The van der Waals surface area contributed by atoms with Gasteiger partial charge in [-0.05, 0) is 19.9 Å². The normalized spacial score (nSPS) is 10.4. The van der Waals surface area contributed by atoms with Crippen LogP contribution in [0.4, 0.5) is 0 Å². The molecule has 5 heteroatoms. The fraction of sp³-hybridized carbons (Fsp3) is 0.636. The Bertz CT molecular complexity index is 346. The standard InChI is InChI=1S/C11H20N4O/c1-4-5-12-6-7-13-11(16)10-8-15(3)14-9(10)2/h8,12H,4-7H2,1-3H3,(H,13,16). The number of aryl methyl sites for hydroxylation is 2. The molecule has 1 rings (SSSR count). The summed E-state index contributed by atoms with van der Waals surface area (Å²) in [6.45, 7) is 6.39. The number of nitrogens with zero attached hydrogens (tertiary/aromatic N) is 2. The van der Waals surface area contributed by atoms with Crippen LogP contribution in [0.25, 0.3) is 0 Å². The molecule has 1 aromatic rings. The molecule has 0 aliphatic rings. The van der Waals surface area contributed by atoms with Crippen molar-refractivity contribution in [1.82, 2.24) is 20.4 Å². The van der Waals surface area contributed by atoms with Gasteiger partial charge < -0.3 is 10.6 Å². The second-order valence-corrected chi connectivity index (χ2v) is 3.81. The number of carbonyl (C=O) groups excluding carboxylic acids is 1. The Balaban J connectivity index is 2.33. The monoisotopic (exact) mass is 224 g/mol. The molecule has 0 bridgehead atoms. The van der Waals surface area contributed by atoms with E-state index in [9.17, 15) is 4.79 Å². The minimum absolute atomic E-state index is 0.0519. The Morgan fingerprint density at radius 3 is 2.75 bits per heavy atom. The van der Waals surface area contributed by atoms with Crippen molar-refractivity contribution in [1.29, 1.82) is 0 Å². The van der Waals surface area contributed by atoms with Gasteiger partial charge in [0.2, 0.25) is 0 Å². The molecule has 90 valence electrons. The van der Waals surface area contributed by atoms with Gasteiger partial charge in [0.1, 0.15) is 0 Å². The van der Waals surface area contributed by atoms with Crippen molar-refractivity contribution in [3.63, 3.8) is 0 Å². The van der Waals surface area contributed by atoms with Crippen LogP contribution in [0, 0.1) is 6.92 Å². The summed E-state index contributed by atoms with van der Waals surface area (Å²) in [6, 6.07) is 0. The van der Waals surface area contributed by atoms with Crippen LogP contribution in [0.2, 0.25) is 0 Å². The van der Waals surface area contributed by atoms with E-state index < -0.39 is 0 Å². The van der Waals surface area contributed by atoms with E-state index in [0.29, 0.717) is 12.1 Å². The van der Waals surface area contributed by atoms with Gasteiger partial charge in [-0.2, -0.15) is 5.10 Å². The van der Waals surface area contributed by atoms with Gasteiger partial charge in [0.15, 0.2) is 0 Å². The molecule has 16 heavy (non-hydrogen) atoms. The van der Waals surface area contributed by atoms with E-state index >= 15 is 0 Å². The highest BCUT2D eigenvalue weighted by atomic mass is 16.1. The molecule has 0 radical (unpaired) electrons. The predicted molar refractivity (Wildman–Crippen MR) is 63.4 cm³/mol. The highest BCUT2D eigenvalue weighted by Crippen LogP contribution is 2.03. The number of nitrogens with one attached hydrogen (secondary N) is 2. The first-order chi connectivity index (χ1) is 7.65. The number of carbonyl (C=O) groups is 1. The Morgan fingerprint density at radius 2 is 2.19 bits per heavy atom. The molecule has 0 atom stereocenters. The summed E-state index contributed by atoms with van der Waals surface area (Å²) < 4.78 is 1.65. The van der Waals surface area contributed by atoms with Crippen molar-refractivity contribution in [2.45, 2.75) is 20.3 Å². The number of hydrogen-bond donors (Lipinski definition) is 2. The van der Waals surface area contributed by atoms with E-state index in [2.05, 4.69) is 22.7 Å². The SMILES string of the molecule is CCCNCCNC(=O)c1cn(C)nc1C. The molecule has 2 N–H and O–H groups in total. The fourth-order valence-corrected chi connectivity index (χ4v) is 1.48. The molecule has 1 aromatic heterocycles. The van der Waals surface area contributed by atoms with E-state index in [1.807, 2.05) is 14.0 Å². The fourth-order valence-electron chi connectivity index (χ4n) is 1.48. The molecule has 1 amide bonds. The van der Waals surface area contributed by atoms with E-state index in [-0.39, 0.29) is 5.91 Å². The van der Waals surface area contributed by atoms with Crippen molar-refractivity contribution in [3.8, 4) is 0 Å². The van der Waals surface area contributed by atoms with Crippen molar-refractivity contribution < 1.29 is 4.79 Å². The number of aromatic nitrogens is 2. The first kappa shape index (κ1) is 12.7. The van der Waals surface area contributed by atoms with Crippen LogP contribution in [0.15, 0.2) is 6.20 Å². The Hall–Kier alpha value is -1.36. The third-order valence-corrected chi connectivity index (χ3v) is 2.27. The summed E-state index contributed by atoms with van der Waals surface area (Å²) in [6.07, 6.45) is 2.85. The lowest BCUT2D eigenvalue weighted by molar-refractivity contribution is 0.0953. The van der Waals surface area contributed by atoms with Crippen molar-refractivity contribution in [2.24, 2.45) is 7.05 Å². The molecule has 1 heterocycles. The third kappa shape index (κ3) is 3.66. The quantitative estimate of drug-likeness (QED) is 0.690. The van der Waals surface area contributed by atoms with Crippen LogP contribution >= 0.6 is 0 Å². The van der Waals surface area contributed by atoms with Gasteiger partial charge in [-0.15, -0.1) is 0 Å². The summed E-state index contributed by atoms with van der Waals surface area (Å²) in [7, 11) is 1.81. The van der Waals surface area contributed by atoms with Gasteiger partial charge >= 0.3 is 0 Å². The lowest BCUT2D eigenvalue weighted by Crippen LogP contribution is -2.32. The predicted octanol–water partition coefficient (Wildman–Crippen LogP) is 0.458. The average molecular weight is 224 g/mol. The minimum Gasteiger partial charge on any atom is -0.351 e. The van der Waals surface area contributed by atoms with Crippen LogP contribution in [0.1, 0.15) is 29.4 Å². The molecule has 0 aliphatic heterocycles. The Morgan fingerprint density at radius 1 is 1.44 bits per heavy atom. The minimum atomic E-state index is -0.0519. The van der Waals surface area contributed by atoms with E-state index in [1.165, 1.54) is 0 Å². The zero-order valence-electron chi connectivity index (χ0n) is 10.2. The second kappa shape index (κ2) is 6.27. The van der Waals surface area contributed by atoms with Crippen LogP contribution in [0.3, 0.4) is 0 Å². The number of amides is 1. The average Bonchev–Trinajstić information content (AvgIpc) is 2.57. The summed E-state index contributed by atoms with van der Waals surface area (Å²) >= 11 is 0. The van der Waals surface area contributed by atoms with Crippen molar-refractivity contribution >= 4 is 5.91 Å². The highest BCUT2D eigenvalue weighted by molar-refractivity contribution is 5.94. The summed E-state index contributed by atoms with van der Waals surface area (Å²) in [5, 5.41) is 10.2. The maximum Gasteiger partial charge on any atom is 0.254 e. The van der Waals surface area contributed by atoms with Gasteiger partial charge in [-0.3, -0.25) is 9.48 Å². The molecule has 0 aromatic carbocycles. The number of hydrogen-bond acceptors (Lipinski definition) is 3. The molecular weight excluding hydrogens is 204 g/mol. The van der Waals surface area contributed by atoms with Gasteiger partial charge in [0.25, 0.3) is 5.91 Å². The summed E-state index contributed by atoms with van der Waals surface area (Å²) in [5.74, 6) is -0.0519. The zero-order valence-corrected chi connectivity index (χ0v) is 10.2. The van der Waals surface area contributed by atoms with Crippen LogP contribution in [0.5, 0.6) is 0 Å². The zero-order chi connectivity index (χ0) is 12.0. The molecule has 0 fully saturated rings. The second-order valence-electron chi connectivity index (χ2n) is 3.81. The molecule has 5 nitrogen and oxygen atoms in total. The summed E-state index contributed by atoms with van der Waals surface area (Å²) in [5.41, 5.74) is 1.42. The van der Waals surface area contributed by atoms with Crippen molar-refractivity contribution in [2.75, 3.05) is 19.6 Å². The van der Waals surface area contributed by atoms with E-state index in [4.69, 9.17) is 0 Å². The van der Waals surface area contributed by atoms with Gasteiger partial charge in [-0.1, -0.05) is 6.92 Å². The molecule has 0 saturated heterocycles. The van der Waals surface area contributed by atoms with Crippen molar-refractivity contribution in [3.05, 3.63) is 17.5 Å². The van der Waals surface area contributed by atoms with E-state index in [0.717, 1.165) is 25.2 Å². The number of rotatable bonds is 6. The van der Waals surface area contributed by atoms with Gasteiger partial charge in [0, 0.05) is 26.3 Å². The van der Waals surface area contributed by atoms with Gasteiger partial charge in [0.05, 0.1) is 11.3 Å². The Labute approximate surface area is 96.2 Å². The van der Waals surface area contributed by atoms with Crippen LogP contribution < -0.4 is 10.6 Å². The largest absolute Gasteiger partial charge is 0.351 e. The molecule has 0 saturated carbocycles. The Kier molecular flexibility index (Phi) is 4.98. The first-order valence-corrected chi connectivity index (χ1v) is 5.64. The van der Waals surface area contributed by atoms with Gasteiger partial charge in [-0.25, -0.2) is 0 Å².